The summed E-state index contributed by atoms with van der Waals surface area (Å²) in [7, 11) is 0. The number of rotatable bonds is 3. The molecule has 0 spiro atoms. The molecule has 0 bridgehead atoms. The summed E-state index contributed by atoms with van der Waals surface area (Å²) in [6.45, 7) is 6.89. The first-order chi connectivity index (χ1) is 11.0. The van der Waals surface area contributed by atoms with Crippen LogP contribution in [0.2, 0.25) is 0 Å². The summed E-state index contributed by atoms with van der Waals surface area (Å²) >= 11 is 0. The van der Waals surface area contributed by atoms with E-state index in [4.69, 9.17) is 4.52 Å². The van der Waals surface area contributed by atoms with Gasteiger partial charge in [-0.3, -0.25) is 0 Å². The fourth-order valence-electron chi connectivity index (χ4n) is 2.97. The van der Waals surface area contributed by atoms with Crippen LogP contribution in [0.25, 0.3) is 0 Å². The van der Waals surface area contributed by atoms with Crippen molar-refractivity contribution in [2.75, 3.05) is 11.9 Å². The van der Waals surface area contributed by atoms with E-state index in [0.29, 0.717) is 5.92 Å². The SMILES string of the molecule is Cc1cccc(NC(=O)N2CCCC2c2cc(C(C)C)on2)c1. The monoisotopic (exact) mass is 313 g/mol. The van der Waals surface area contributed by atoms with Crippen molar-refractivity contribution in [3.8, 4) is 0 Å². The third kappa shape index (κ3) is 3.38. The van der Waals surface area contributed by atoms with Crippen LogP contribution >= 0.6 is 0 Å². The number of aromatic nitrogens is 1. The van der Waals surface area contributed by atoms with Gasteiger partial charge in [-0.05, 0) is 37.5 Å². The summed E-state index contributed by atoms with van der Waals surface area (Å²) in [4.78, 5) is 14.5. The molecule has 1 aliphatic heterocycles. The van der Waals surface area contributed by atoms with Crippen molar-refractivity contribution in [3.05, 3.63) is 47.3 Å². The van der Waals surface area contributed by atoms with Gasteiger partial charge in [0.2, 0.25) is 0 Å². The van der Waals surface area contributed by atoms with Crippen LogP contribution in [0.15, 0.2) is 34.9 Å². The van der Waals surface area contributed by atoms with Gasteiger partial charge in [-0.1, -0.05) is 31.1 Å². The predicted octanol–water partition coefficient (Wildman–Crippen LogP) is 4.48. The Morgan fingerprint density at radius 3 is 2.91 bits per heavy atom. The van der Waals surface area contributed by atoms with E-state index in [0.717, 1.165) is 42.1 Å². The number of amides is 2. The van der Waals surface area contributed by atoms with Crippen molar-refractivity contribution in [3.63, 3.8) is 0 Å². The highest BCUT2D eigenvalue weighted by Gasteiger charge is 2.32. The lowest BCUT2D eigenvalue weighted by molar-refractivity contribution is 0.204. The molecule has 0 saturated carbocycles. The molecule has 1 aliphatic rings. The molecule has 5 nitrogen and oxygen atoms in total. The van der Waals surface area contributed by atoms with E-state index in [1.54, 1.807) is 0 Å². The predicted molar refractivity (Wildman–Crippen MR) is 89.5 cm³/mol. The highest BCUT2D eigenvalue weighted by molar-refractivity contribution is 5.89. The molecule has 2 aromatic rings. The van der Waals surface area contributed by atoms with Gasteiger partial charge in [-0.25, -0.2) is 4.79 Å². The third-order valence-corrected chi connectivity index (χ3v) is 4.24. The van der Waals surface area contributed by atoms with Crippen LogP contribution in [-0.2, 0) is 0 Å². The number of aryl methyl sites for hydroxylation is 1. The Labute approximate surface area is 136 Å². The van der Waals surface area contributed by atoms with E-state index in [1.807, 2.05) is 42.2 Å². The number of anilines is 1. The molecule has 1 aromatic carbocycles. The Kier molecular flexibility index (Phi) is 4.37. The molecule has 5 heteroatoms. The van der Waals surface area contributed by atoms with E-state index in [1.165, 1.54) is 0 Å². The summed E-state index contributed by atoms with van der Waals surface area (Å²) in [6, 6.07) is 9.73. The van der Waals surface area contributed by atoms with Crippen LogP contribution in [0, 0.1) is 6.92 Å². The molecular weight excluding hydrogens is 290 g/mol. The lowest BCUT2D eigenvalue weighted by Gasteiger charge is -2.23. The van der Waals surface area contributed by atoms with Crippen molar-refractivity contribution in [1.29, 1.82) is 0 Å². The van der Waals surface area contributed by atoms with Gasteiger partial charge in [0.1, 0.15) is 11.5 Å². The molecule has 3 rings (SSSR count). The van der Waals surface area contributed by atoms with E-state index in [9.17, 15) is 4.79 Å². The van der Waals surface area contributed by atoms with Gasteiger partial charge in [-0.2, -0.15) is 0 Å². The van der Waals surface area contributed by atoms with Crippen molar-refractivity contribution in [2.45, 2.75) is 45.6 Å². The smallest absolute Gasteiger partial charge is 0.322 e. The Balaban J connectivity index is 1.74. The zero-order valence-corrected chi connectivity index (χ0v) is 13.9. The summed E-state index contributed by atoms with van der Waals surface area (Å²) in [5.74, 6) is 1.16. The lowest BCUT2D eigenvalue weighted by Crippen LogP contribution is -2.34. The second-order valence-corrected chi connectivity index (χ2v) is 6.46. The minimum Gasteiger partial charge on any atom is -0.361 e. The van der Waals surface area contributed by atoms with E-state index < -0.39 is 0 Å². The molecule has 1 aromatic heterocycles. The van der Waals surface area contributed by atoms with Crippen LogP contribution in [0.4, 0.5) is 10.5 Å². The normalized spacial score (nSPS) is 17.7. The molecule has 1 N–H and O–H groups in total. The lowest BCUT2D eigenvalue weighted by atomic mass is 10.1. The second kappa shape index (κ2) is 6.44. The van der Waals surface area contributed by atoms with Crippen LogP contribution < -0.4 is 5.32 Å². The second-order valence-electron chi connectivity index (χ2n) is 6.46. The quantitative estimate of drug-likeness (QED) is 0.909. The van der Waals surface area contributed by atoms with Crippen LogP contribution in [0.3, 0.4) is 0 Å². The van der Waals surface area contributed by atoms with Crippen molar-refractivity contribution < 1.29 is 9.32 Å². The Hall–Kier alpha value is -2.30. The van der Waals surface area contributed by atoms with Gasteiger partial charge < -0.3 is 14.7 Å². The number of nitrogens with zero attached hydrogens (tertiary/aromatic N) is 2. The maximum atomic E-state index is 12.6. The first-order valence-corrected chi connectivity index (χ1v) is 8.15. The molecule has 2 heterocycles. The molecule has 23 heavy (non-hydrogen) atoms. The largest absolute Gasteiger partial charge is 0.361 e. The maximum Gasteiger partial charge on any atom is 0.322 e. The van der Waals surface area contributed by atoms with Gasteiger partial charge in [0.15, 0.2) is 0 Å². The number of hydrogen-bond acceptors (Lipinski definition) is 3. The zero-order chi connectivity index (χ0) is 16.4. The molecule has 2 amide bonds. The molecule has 1 saturated heterocycles. The van der Waals surface area contributed by atoms with Gasteiger partial charge in [0.05, 0.1) is 6.04 Å². The van der Waals surface area contributed by atoms with E-state index in [2.05, 4.69) is 24.3 Å². The minimum atomic E-state index is -0.0767. The zero-order valence-electron chi connectivity index (χ0n) is 13.9. The molecular formula is C18H23N3O2. The molecule has 1 atom stereocenters. The fourth-order valence-corrected chi connectivity index (χ4v) is 2.97. The van der Waals surface area contributed by atoms with Gasteiger partial charge in [0, 0.05) is 24.2 Å². The minimum absolute atomic E-state index is 0.00365. The molecule has 1 fully saturated rings. The third-order valence-electron chi connectivity index (χ3n) is 4.24. The Morgan fingerprint density at radius 2 is 2.22 bits per heavy atom. The number of nitrogens with one attached hydrogen (secondary N) is 1. The molecule has 122 valence electrons. The fraction of sp³-hybridized carbons (Fsp3) is 0.444. The molecule has 1 unspecified atom stereocenters. The summed E-state index contributed by atoms with van der Waals surface area (Å²) in [5.41, 5.74) is 2.80. The molecule has 0 aliphatic carbocycles. The van der Waals surface area contributed by atoms with Crippen molar-refractivity contribution in [1.82, 2.24) is 10.1 Å². The van der Waals surface area contributed by atoms with Gasteiger partial charge in [-0.15, -0.1) is 0 Å². The standard InChI is InChI=1S/C18H23N3O2/c1-12(2)17-11-15(20-23-17)16-8-5-9-21(16)18(22)19-14-7-4-6-13(3)10-14/h4,6-7,10-12,16H,5,8-9H2,1-3H3,(H,19,22). The topological polar surface area (TPSA) is 58.4 Å². The highest BCUT2D eigenvalue weighted by atomic mass is 16.5. The number of carbonyl (C=O) groups excluding carboxylic acids is 1. The van der Waals surface area contributed by atoms with Crippen molar-refractivity contribution >= 4 is 11.7 Å². The average molecular weight is 313 g/mol. The van der Waals surface area contributed by atoms with E-state index >= 15 is 0 Å². The highest BCUT2D eigenvalue weighted by Crippen LogP contribution is 2.33. The average Bonchev–Trinajstić information content (AvgIpc) is 3.16. The first kappa shape index (κ1) is 15.6. The number of carbonyl (C=O) groups is 1. The van der Waals surface area contributed by atoms with E-state index in [-0.39, 0.29) is 12.1 Å². The number of urea groups is 1. The summed E-state index contributed by atoms with van der Waals surface area (Å²) in [5, 5.41) is 7.16. The summed E-state index contributed by atoms with van der Waals surface area (Å²) < 4.78 is 5.39. The first-order valence-electron chi connectivity index (χ1n) is 8.15. The maximum absolute atomic E-state index is 12.6. The number of hydrogen-bond donors (Lipinski definition) is 1. The van der Waals surface area contributed by atoms with Gasteiger partial charge in [0.25, 0.3) is 0 Å². The number of benzene rings is 1. The van der Waals surface area contributed by atoms with Crippen LogP contribution in [0.5, 0.6) is 0 Å². The Bertz CT molecular complexity index is 693. The molecule has 0 radical (unpaired) electrons. The van der Waals surface area contributed by atoms with Crippen LogP contribution in [-0.4, -0.2) is 22.6 Å². The van der Waals surface area contributed by atoms with Crippen LogP contribution in [0.1, 0.15) is 55.7 Å². The van der Waals surface area contributed by atoms with Gasteiger partial charge >= 0.3 is 6.03 Å². The number of likely N-dealkylation sites (tertiary alicyclic amines) is 1. The summed E-state index contributed by atoms with van der Waals surface area (Å²) in [6.07, 6.45) is 1.90. The Morgan fingerprint density at radius 1 is 1.39 bits per heavy atom. The van der Waals surface area contributed by atoms with Crippen molar-refractivity contribution in [2.24, 2.45) is 0 Å².